The molecule has 4 aliphatic heterocycles. The van der Waals surface area contributed by atoms with E-state index < -0.39 is 26.8 Å². The van der Waals surface area contributed by atoms with E-state index in [9.17, 15) is 13.2 Å². The first-order valence-corrected chi connectivity index (χ1v) is 22.6. The molecular weight excluding hydrogens is 720 g/mol. The van der Waals surface area contributed by atoms with E-state index in [4.69, 9.17) is 21.1 Å². The van der Waals surface area contributed by atoms with Crippen LogP contribution in [0.2, 0.25) is 5.02 Å². The van der Waals surface area contributed by atoms with Crippen LogP contribution in [0.25, 0.3) is 0 Å². The van der Waals surface area contributed by atoms with Crippen LogP contribution in [0, 0.1) is 17.8 Å². The maximum Gasteiger partial charge on any atom is 0.264 e. The van der Waals surface area contributed by atoms with Crippen LogP contribution in [0.5, 0.6) is 5.75 Å². The summed E-state index contributed by atoms with van der Waals surface area (Å²) >= 11 is 6.53. The van der Waals surface area contributed by atoms with E-state index in [1.54, 1.807) is 13.0 Å². The largest absolute Gasteiger partial charge is 0.490 e. The molecule has 6 aliphatic rings. The number of sulfonamides is 1. The molecule has 9 nitrogen and oxygen atoms in total. The number of nitrogens with zero attached hydrogens (tertiary/aromatic N) is 3. The molecule has 1 N–H and O–H groups in total. The lowest BCUT2D eigenvalue weighted by atomic mass is 9.63. The lowest BCUT2D eigenvalue weighted by Crippen LogP contribution is -2.61. The van der Waals surface area contributed by atoms with E-state index in [0.29, 0.717) is 37.2 Å². The number of carbonyl (C=O) groups excluding carboxylic acids is 1. The average molecular weight is 779 g/mol. The molecule has 294 valence electrons. The van der Waals surface area contributed by atoms with Crippen LogP contribution in [0.1, 0.15) is 93.6 Å². The number of halogens is 1. The molecule has 54 heavy (non-hydrogen) atoms. The Morgan fingerprint density at radius 1 is 1.02 bits per heavy atom. The lowest BCUT2D eigenvalue weighted by molar-refractivity contribution is -0.116. The van der Waals surface area contributed by atoms with Gasteiger partial charge in [-0.3, -0.25) is 14.6 Å². The topological polar surface area (TPSA) is 91.4 Å². The van der Waals surface area contributed by atoms with Crippen molar-refractivity contribution in [3.05, 3.63) is 70.3 Å². The number of anilines is 1. The third-order valence-corrected chi connectivity index (χ3v) is 16.2. The molecule has 1 saturated carbocycles. The van der Waals surface area contributed by atoms with Gasteiger partial charge in [-0.25, -0.2) is 13.1 Å². The number of ether oxygens (including phenoxy) is 2. The van der Waals surface area contributed by atoms with Crippen LogP contribution in [0.3, 0.4) is 0 Å². The first-order chi connectivity index (χ1) is 26.0. The molecule has 4 heterocycles. The summed E-state index contributed by atoms with van der Waals surface area (Å²) in [6, 6.07) is 12.3. The zero-order chi connectivity index (χ0) is 37.7. The summed E-state index contributed by atoms with van der Waals surface area (Å²) in [6.45, 7) is 13.7. The van der Waals surface area contributed by atoms with Crippen molar-refractivity contribution in [3.8, 4) is 5.75 Å². The summed E-state index contributed by atoms with van der Waals surface area (Å²) in [4.78, 5) is 21.5. The van der Waals surface area contributed by atoms with Crippen molar-refractivity contribution in [1.82, 2.24) is 14.5 Å². The Hall–Kier alpha value is -2.63. The predicted molar refractivity (Wildman–Crippen MR) is 215 cm³/mol. The maximum absolute atomic E-state index is 13.7. The van der Waals surface area contributed by atoms with Crippen molar-refractivity contribution in [1.29, 1.82) is 0 Å². The van der Waals surface area contributed by atoms with Gasteiger partial charge in [0.25, 0.3) is 5.91 Å². The predicted octanol–water partition coefficient (Wildman–Crippen LogP) is 6.83. The van der Waals surface area contributed by atoms with Gasteiger partial charge in [-0.05, 0) is 131 Å². The summed E-state index contributed by atoms with van der Waals surface area (Å²) in [5, 5.41) is -0.0118. The molecule has 3 fully saturated rings. The van der Waals surface area contributed by atoms with Crippen molar-refractivity contribution >= 4 is 33.2 Å². The molecule has 1 spiro atoms. The highest BCUT2D eigenvalue weighted by atomic mass is 35.5. The first-order valence-electron chi connectivity index (χ1n) is 20.6. The molecule has 2 saturated heterocycles. The normalized spacial score (nSPS) is 35.0. The van der Waals surface area contributed by atoms with E-state index in [0.717, 1.165) is 87.8 Å². The smallest absolute Gasteiger partial charge is 0.264 e. The molecule has 2 bridgehead atoms. The fourth-order valence-electron chi connectivity index (χ4n) is 10.7. The van der Waals surface area contributed by atoms with Gasteiger partial charge in [0, 0.05) is 67.9 Å². The number of rotatable bonds is 4. The van der Waals surface area contributed by atoms with Crippen molar-refractivity contribution < 1.29 is 22.7 Å². The highest BCUT2D eigenvalue weighted by molar-refractivity contribution is 7.90. The third kappa shape index (κ3) is 7.35. The Kier molecular flexibility index (Phi) is 10.9. The number of aryl methyl sites for hydroxylation is 1. The second-order valence-corrected chi connectivity index (χ2v) is 19.8. The fraction of sp³-hybridized carbons (Fsp3) is 0.651. The van der Waals surface area contributed by atoms with Gasteiger partial charge >= 0.3 is 0 Å². The van der Waals surface area contributed by atoms with Crippen LogP contribution < -0.4 is 14.4 Å². The summed E-state index contributed by atoms with van der Waals surface area (Å²) < 4.78 is 43.6. The number of fused-ring (bicyclic) bond motifs is 5. The average Bonchev–Trinajstić information content (AvgIpc) is 3.29. The van der Waals surface area contributed by atoms with Crippen LogP contribution in [-0.4, -0.2) is 100 Å². The molecule has 11 heteroatoms. The SMILES string of the molecule is CCO[C@@]1(CN2CCN3CCCC[C@@H]3C2)/C=C/C[C@H](C)[C@@H](C)S(=O)(=O)NC(=O)c2ccc3c(c2)N(C[C@@H]2CC[C@H]21)C[C@@]1(CCCc2cc(Cl)ccc21)CO3. The van der Waals surface area contributed by atoms with Crippen molar-refractivity contribution in [2.24, 2.45) is 17.8 Å². The number of hydrogen-bond acceptors (Lipinski definition) is 8. The molecule has 2 aliphatic carbocycles. The molecular formula is C43H59ClN4O5S. The molecule has 2 aromatic carbocycles. The van der Waals surface area contributed by atoms with E-state index in [2.05, 4.69) is 50.6 Å². The van der Waals surface area contributed by atoms with Crippen LogP contribution in [0.15, 0.2) is 48.6 Å². The quantitative estimate of drug-likeness (QED) is 0.338. The number of piperazine rings is 1. The fourth-order valence-corrected chi connectivity index (χ4v) is 12.2. The van der Waals surface area contributed by atoms with Gasteiger partial charge < -0.3 is 14.4 Å². The number of benzene rings is 2. The monoisotopic (exact) mass is 778 g/mol. The lowest BCUT2D eigenvalue weighted by Gasteiger charge is -2.53. The molecule has 0 radical (unpaired) electrons. The Morgan fingerprint density at radius 2 is 1.89 bits per heavy atom. The zero-order valence-corrected chi connectivity index (χ0v) is 34.0. The van der Waals surface area contributed by atoms with E-state index >= 15 is 0 Å². The number of allylic oxidation sites excluding steroid dienone is 1. The van der Waals surface area contributed by atoms with Gasteiger partial charge in [0.15, 0.2) is 0 Å². The summed E-state index contributed by atoms with van der Waals surface area (Å²) in [5.74, 6) is 0.561. The Labute approximate surface area is 327 Å². The molecule has 7 atom stereocenters. The van der Waals surface area contributed by atoms with Gasteiger partial charge in [-0.2, -0.15) is 0 Å². The highest BCUT2D eigenvalue weighted by Gasteiger charge is 2.50. The Balaban J connectivity index is 1.20. The summed E-state index contributed by atoms with van der Waals surface area (Å²) in [5.41, 5.74) is 2.99. The van der Waals surface area contributed by atoms with Crippen molar-refractivity contribution in [3.63, 3.8) is 0 Å². The minimum absolute atomic E-state index is 0.206. The van der Waals surface area contributed by atoms with Gasteiger partial charge in [-0.15, -0.1) is 0 Å². The van der Waals surface area contributed by atoms with Gasteiger partial charge in [0.05, 0.1) is 17.5 Å². The van der Waals surface area contributed by atoms with Crippen LogP contribution in [-0.2, 0) is 26.6 Å². The van der Waals surface area contributed by atoms with Crippen molar-refractivity contribution in [2.75, 3.05) is 63.9 Å². The Bertz CT molecular complexity index is 1860. The standard InChI is InChI=1S/C43H59ClN4O5S/c1-4-53-43(28-46-21-22-47-20-6-5-11-36(47)26-46)19-7-9-30(2)31(3)54(50,51)45-41(49)33-13-17-40-39(24-33)48(25-34-12-15-38(34)43)27-42(29-52-40)18-8-10-32-23-35(44)14-16-37(32)42/h7,13-14,16-17,19,23-24,30-31,34,36,38H,4-6,8-12,15,18,20-22,25-29H2,1-3H3,(H,45,49)/b19-7+/t30-,31+,34-,36+,38+,42-,43+/m0/s1. The second-order valence-electron chi connectivity index (χ2n) is 17.3. The van der Waals surface area contributed by atoms with Gasteiger partial charge in [0.1, 0.15) is 11.4 Å². The van der Waals surface area contributed by atoms with Gasteiger partial charge in [-0.1, -0.05) is 43.2 Å². The highest BCUT2D eigenvalue weighted by Crippen LogP contribution is 2.49. The van der Waals surface area contributed by atoms with Crippen molar-refractivity contribution in [2.45, 2.75) is 101 Å². The number of carbonyl (C=O) groups is 1. The number of hydrogen-bond donors (Lipinski definition) is 1. The number of amides is 1. The number of piperidine rings is 1. The van der Waals surface area contributed by atoms with Crippen LogP contribution >= 0.6 is 11.6 Å². The summed E-state index contributed by atoms with van der Waals surface area (Å²) in [6.07, 6.45) is 14.1. The second kappa shape index (κ2) is 15.4. The molecule has 0 aromatic heterocycles. The minimum Gasteiger partial charge on any atom is -0.490 e. The summed E-state index contributed by atoms with van der Waals surface area (Å²) in [7, 11) is -3.95. The molecule has 0 unspecified atom stereocenters. The van der Waals surface area contributed by atoms with Gasteiger partial charge in [0.2, 0.25) is 10.0 Å². The van der Waals surface area contributed by atoms with Crippen LogP contribution in [0.4, 0.5) is 5.69 Å². The molecule has 1 amide bonds. The van der Waals surface area contributed by atoms with E-state index in [-0.39, 0.29) is 17.3 Å². The van der Waals surface area contributed by atoms with E-state index in [1.165, 1.54) is 36.9 Å². The first kappa shape index (κ1) is 38.3. The maximum atomic E-state index is 13.7. The van der Waals surface area contributed by atoms with E-state index in [1.807, 2.05) is 25.1 Å². The molecule has 8 rings (SSSR count). The zero-order valence-electron chi connectivity index (χ0n) is 32.4. The number of nitrogens with one attached hydrogen (secondary N) is 1. The Morgan fingerprint density at radius 3 is 2.70 bits per heavy atom. The molecule has 2 aromatic rings. The third-order valence-electron chi connectivity index (χ3n) is 14.0. The minimum atomic E-state index is -3.95.